The molecule has 0 saturated carbocycles. The first-order chi connectivity index (χ1) is 17.4. The summed E-state index contributed by atoms with van der Waals surface area (Å²) in [6.45, 7) is 0. The molecule has 0 amide bonds. The molecule has 3 aromatic carbocycles. The third-order valence-corrected chi connectivity index (χ3v) is 6.77. The van der Waals surface area contributed by atoms with Gasteiger partial charge in [0.1, 0.15) is 16.5 Å². The smallest absolute Gasteiger partial charge is 0.274 e. The second-order valence-corrected chi connectivity index (χ2v) is 9.29. The average molecular weight is 536 g/mol. The van der Waals surface area contributed by atoms with Gasteiger partial charge < -0.3 is 4.98 Å². The molecule has 6 aromatic rings. The fraction of sp³-hybridized carbons (Fsp3) is 0. The Morgan fingerprint density at radius 2 is 1.58 bits per heavy atom. The van der Waals surface area contributed by atoms with Crippen molar-refractivity contribution in [3.8, 4) is 33.6 Å². The number of hydrogen-bond donors (Lipinski definition) is 1. The van der Waals surface area contributed by atoms with Gasteiger partial charge in [-0.2, -0.15) is 9.61 Å². The van der Waals surface area contributed by atoms with E-state index in [1.807, 2.05) is 54.6 Å². The van der Waals surface area contributed by atoms with Gasteiger partial charge in [0.05, 0.1) is 11.3 Å². The van der Waals surface area contributed by atoms with Crippen LogP contribution in [0.15, 0.2) is 83.7 Å². The lowest BCUT2D eigenvalue weighted by Crippen LogP contribution is -2.14. The standard InChI is InChI=1S/C27H14Cl3FN4O/c28-16-10-8-15(9-11-16)24-23(18-7-3-5-14-4-1-2-6-17(14)18)27-32-21(13-22(36)35(27)34-24)19-12-20(31)26(30)33-25(19)29/h1-13,32H. The summed E-state index contributed by atoms with van der Waals surface area (Å²) in [6.07, 6.45) is 0. The van der Waals surface area contributed by atoms with E-state index in [4.69, 9.17) is 34.8 Å². The lowest BCUT2D eigenvalue weighted by atomic mass is 9.96. The Balaban J connectivity index is 1.73. The Morgan fingerprint density at radius 3 is 2.39 bits per heavy atom. The molecule has 0 aliphatic carbocycles. The van der Waals surface area contributed by atoms with Crippen molar-refractivity contribution in [2.24, 2.45) is 0 Å². The number of benzene rings is 3. The van der Waals surface area contributed by atoms with Gasteiger partial charge in [0.15, 0.2) is 11.0 Å². The molecule has 0 unspecified atom stereocenters. The zero-order valence-corrected chi connectivity index (χ0v) is 20.5. The van der Waals surface area contributed by atoms with Crippen molar-refractivity contribution in [2.45, 2.75) is 0 Å². The predicted molar refractivity (Wildman–Crippen MR) is 142 cm³/mol. The number of rotatable bonds is 3. The summed E-state index contributed by atoms with van der Waals surface area (Å²) in [5.74, 6) is -0.749. The van der Waals surface area contributed by atoms with Crippen molar-refractivity contribution < 1.29 is 4.39 Å². The van der Waals surface area contributed by atoms with E-state index in [1.165, 1.54) is 10.6 Å². The van der Waals surface area contributed by atoms with E-state index in [0.29, 0.717) is 21.9 Å². The summed E-state index contributed by atoms with van der Waals surface area (Å²) in [4.78, 5) is 20.3. The molecule has 3 aromatic heterocycles. The van der Waals surface area contributed by atoms with Crippen LogP contribution in [-0.4, -0.2) is 19.6 Å². The molecule has 5 nitrogen and oxygen atoms in total. The molecule has 0 bridgehead atoms. The predicted octanol–water partition coefficient (Wildman–Crippen LogP) is 7.67. The third kappa shape index (κ3) is 3.75. The van der Waals surface area contributed by atoms with Crippen LogP contribution >= 0.6 is 34.8 Å². The van der Waals surface area contributed by atoms with Gasteiger partial charge in [0, 0.05) is 22.2 Å². The molecule has 9 heteroatoms. The van der Waals surface area contributed by atoms with Gasteiger partial charge in [-0.3, -0.25) is 4.79 Å². The number of fused-ring (bicyclic) bond motifs is 2. The van der Waals surface area contributed by atoms with Gasteiger partial charge in [0.2, 0.25) is 0 Å². The lowest BCUT2D eigenvalue weighted by molar-refractivity contribution is 0.622. The zero-order chi connectivity index (χ0) is 25.0. The summed E-state index contributed by atoms with van der Waals surface area (Å²) in [5.41, 5.74) is 3.41. The van der Waals surface area contributed by atoms with Crippen molar-refractivity contribution in [2.75, 3.05) is 0 Å². The number of halogens is 4. The molecule has 0 saturated heterocycles. The molecule has 0 radical (unpaired) electrons. The maximum absolute atomic E-state index is 14.3. The van der Waals surface area contributed by atoms with Crippen molar-refractivity contribution in [3.05, 3.63) is 110 Å². The summed E-state index contributed by atoms with van der Waals surface area (Å²) >= 11 is 18.2. The summed E-state index contributed by atoms with van der Waals surface area (Å²) in [7, 11) is 0. The molecule has 0 aliphatic heterocycles. The molecule has 0 fully saturated rings. The molecule has 0 spiro atoms. The van der Waals surface area contributed by atoms with Crippen LogP contribution in [0.25, 0.3) is 50.1 Å². The monoisotopic (exact) mass is 534 g/mol. The van der Waals surface area contributed by atoms with E-state index in [2.05, 4.69) is 15.1 Å². The van der Waals surface area contributed by atoms with E-state index in [1.54, 1.807) is 12.1 Å². The summed E-state index contributed by atoms with van der Waals surface area (Å²) < 4.78 is 15.6. The number of pyridine rings is 1. The number of aromatic amines is 1. The van der Waals surface area contributed by atoms with Crippen LogP contribution in [0.5, 0.6) is 0 Å². The van der Waals surface area contributed by atoms with Crippen LogP contribution in [0.2, 0.25) is 15.3 Å². The Hall–Kier alpha value is -3.71. The Labute approximate surface area is 218 Å². The van der Waals surface area contributed by atoms with Crippen LogP contribution in [0, 0.1) is 5.82 Å². The van der Waals surface area contributed by atoms with E-state index in [0.717, 1.165) is 28.0 Å². The van der Waals surface area contributed by atoms with Crippen LogP contribution in [0.3, 0.4) is 0 Å². The van der Waals surface area contributed by atoms with Gasteiger partial charge in [-0.05, 0) is 34.5 Å². The van der Waals surface area contributed by atoms with E-state index in [9.17, 15) is 9.18 Å². The van der Waals surface area contributed by atoms with Crippen molar-refractivity contribution >= 4 is 51.2 Å². The fourth-order valence-corrected chi connectivity index (χ4v) is 4.88. The van der Waals surface area contributed by atoms with Crippen molar-refractivity contribution in [1.29, 1.82) is 0 Å². The Bertz CT molecular complexity index is 1860. The van der Waals surface area contributed by atoms with Gasteiger partial charge >= 0.3 is 0 Å². The van der Waals surface area contributed by atoms with Gasteiger partial charge in [-0.15, -0.1) is 0 Å². The van der Waals surface area contributed by atoms with Crippen LogP contribution < -0.4 is 5.56 Å². The molecule has 36 heavy (non-hydrogen) atoms. The van der Waals surface area contributed by atoms with Crippen LogP contribution in [-0.2, 0) is 0 Å². The number of hydrogen-bond acceptors (Lipinski definition) is 3. The third-order valence-electron chi connectivity index (χ3n) is 5.97. The highest BCUT2D eigenvalue weighted by Gasteiger charge is 2.22. The molecule has 6 rings (SSSR count). The summed E-state index contributed by atoms with van der Waals surface area (Å²) in [6, 6.07) is 23.6. The first-order valence-corrected chi connectivity index (χ1v) is 12.0. The molecular weight excluding hydrogens is 522 g/mol. The topological polar surface area (TPSA) is 63.0 Å². The molecule has 0 atom stereocenters. The van der Waals surface area contributed by atoms with Crippen LogP contribution in [0.4, 0.5) is 4.39 Å². The number of nitrogens with zero attached hydrogens (tertiary/aromatic N) is 3. The normalized spacial score (nSPS) is 11.4. The summed E-state index contributed by atoms with van der Waals surface area (Å²) in [5, 5.41) is 6.88. The maximum Gasteiger partial charge on any atom is 0.274 e. The van der Waals surface area contributed by atoms with Gasteiger partial charge in [-0.25, -0.2) is 9.37 Å². The van der Waals surface area contributed by atoms with Gasteiger partial charge in [0.25, 0.3) is 5.56 Å². The fourth-order valence-electron chi connectivity index (χ4n) is 4.33. The molecule has 176 valence electrons. The minimum Gasteiger partial charge on any atom is -0.339 e. The highest BCUT2D eigenvalue weighted by Crippen LogP contribution is 2.39. The highest BCUT2D eigenvalue weighted by molar-refractivity contribution is 6.34. The first-order valence-electron chi connectivity index (χ1n) is 10.8. The first kappa shape index (κ1) is 22.7. The van der Waals surface area contributed by atoms with E-state index < -0.39 is 11.4 Å². The number of H-pyrrole nitrogens is 1. The number of nitrogens with one attached hydrogen (secondary N) is 1. The van der Waals surface area contributed by atoms with Crippen molar-refractivity contribution in [3.63, 3.8) is 0 Å². The molecule has 0 aliphatic rings. The quantitative estimate of drug-likeness (QED) is 0.237. The average Bonchev–Trinajstić information content (AvgIpc) is 3.26. The SMILES string of the molecule is O=c1cc(-c2cc(F)c(Cl)nc2Cl)[nH]c2c(-c3cccc4ccccc34)c(-c3ccc(Cl)cc3)nn12. The second-order valence-electron chi connectivity index (χ2n) is 8.14. The van der Waals surface area contributed by atoms with Crippen molar-refractivity contribution in [1.82, 2.24) is 19.6 Å². The zero-order valence-electron chi connectivity index (χ0n) is 18.3. The molecule has 1 N–H and O–H groups in total. The number of aromatic nitrogens is 4. The van der Waals surface area contributed by atoms with Gasteiger partial charge in [-0.1, -0.05) is 89.4 Å². The second kappa shape index (κ2) is 8.75. The minimum absolute atomic E-state index is 0.0365. The largest absolute Gasteiger partial charge is 0.339 e. The molecule has 3 heterocycles. The Kier molecular flexibility index (Phi) is 5.52. The minimum atomic E-state index is -0.749. The Morgan fingerprint density at radius 1 is 0.833 bits per heavy atom. The maximum atomic E-state index is 14.3. The van der Waals surface area contributed by atoms with E-state index in [-0.39, 0.29) is 21.6 Å². The molecular formula is C27H14Cl3FN4O. The highest BCUT2D eigenvalue weighted by atomic mass is 35.5. The lowest BCUT2D eigenvalue weighted by Gasteiger charge is -2.10. The van der Waals surface area contributed by atoms with E-state index >= 15 is 0 Å². The van der Waals surface area contributed by atoms with Crippen LogP contribution in [0.1, 0.15) is 0 Å².